The molecule has 1 aromatic rings. The number of hydrogen-bond donors (Lipinski definition) is 0. The van der Waals surface area contributed by atoms with Gasteiger partial charge in [0.2, 0.25) is 0 Å². The minimum Gasteiger partial charge on any atom is -0.493 e. The summed E-state index contributed by atoms with van der Waals surface area (Å²) in [5, 5.41) is 0. The Morgan fingerprint density at radius 1 is 1.06 bits per heavy atom. The lowest BCUT2D eigenvalue weighted by Gasteiger charge is -2.13. The van der Waals surface area contributed by atoms with Gasteiger partial charge in [-0.05, 0) is 23.6 Å². The normalized spacial score (nSPS) is 10.6. The Hall–Kier alpha value is -1.22. The summed E-state index contributed by atoms with van der Waals surface area (Å²) in [5.74, 6) is 2.09. The second kappa shape index (κ2) is 7.17. The van der Waals surface area contributed by atoms with E-state index in [2.05, 4.69) is 19.9 Å². The third-order valence-electron chi connectivity index (χ3n) is 2.60. The fourth-order valence-electron chi connectivity index (χ4n) is 1.55. The molecule has 0 N–H and O–H groups in total. The molecular formula is C14H22O3. The maximum atomic E-state index is 5.66. The van der Waals surface area contributed by atoms with Crippen molar-refractivity contribution in [2.24, 2.45) is 0 Å². The van der Waals surface area contributed by atoms with Crippen LogP contribution in [-0.2, 0) is 4.74 Å². The van der Waals surface area contributed by atoms with Crippen LogP contribution in [0.25, 0.3) is 0 Å². The van der Waals surface area contributed by atoms with Crippen LogP contribution < -0.4 is 9.47 Å². The van der Waals surface area contributed by atoms with E-state index in [-0.39, 0.29) is 0 Å². The van der Waals surface area contributed by atoms with E-state index < -0.39 is 0 Å². The second-order valence-electron chi connectivity index (χ2n) is 4.26. The van der Waals surface area contributed by atoms with E-state index in [0.29, 0.717) is 19.1 Å². The van der Waals surface area contributed by atoms with Gasteiger partial charge in [0.25, 0.3) is 0 Å². The van der Waals surface area contributed by atoms with Gasteiger partial charge in [0, 0.05) is 20.1 Å². The summed E-state index contributed by atoms with van der Waals surface area (Å²) < 4.78 is 16.0. The van der Waals surface area contributed by atoms with Crippen LogP contribution in [0.15, 0.2) is 18.2 Å². The van der Waals surface area contributed by atoms with Crippen LogP contribution in [0.5, 0.6) is 11.5 Å². The molecule has 0 aromatic heterocycles. The van der Waals surface area contributed by atoms with Crippen molar-refractivity contribution >= 4 is 0 Å². The minimum absolute atomic E-state index is 0.492. The standard InChI is InChI=1S/C14H22O3/c1-11(2)12-6-7-13(14(10-12)16-4)17-9-5-8-15-3/h6-7,10-11H,5,8-9H2,1-4H3. The molecule has 0 saturated heterocycles. The lowest BCUT2D eigenvalue weighted by molar-refractivity contribution is 0.170. The Labute approximate surface area is 104 Å². The molecule has 0 radical (unpaired) electrons. The second-order valence-corrected chi connectivity index (χ2v) is 4.26. The van der Waals surface area contributed by atoms with E-state index >= 15 is 0 Å². The zero-order chi connectivity index (χ0) is 12.7. The van der Waals surface area contributed by atoms with Gasteiger partial charge >= 0.3 is 0 Å². The van der Waals surface area contributed by atoms with Crippen molar-refractivity contribution in [1.29, 1.82) is 0 Å². The molecule has 0 aliphatic carbocycles. The molecule has 0 aliphatic rings. The van der Waals surface area contributed by atoms with Gasteiger partial charge in [-0.25, -0.2) is 0 Å². The molecule has 0 atom stereocenters. The average Bonchev–Trinajstić information content (AvgIpc) is 2.34. The monoisotopic (exact) mass is 238 g/mol. The maximum Gasteiger partial charge on any atom is 0.161 e. The smallest absolute Gasteiger partial charge is 0.161 e. The third kappa shape index (κ3) is 4.27. The summed E-state index contributed by atoms with van der Waals surface area (Å²) in [6, 6.07) is 6.09. The highest BCUT2D eigenvalue weighted by Crippen LogP contribution is 2.30. The molecule has 17 heavy (non-hydrogen) atoms. The summed E-state index contributed by atoms with van der Waals surface area (Å²) in [4.78, 5) is 0. The van der Waals surface area contributed by atoms with Crippen LogP contribution in [0.3, 0.4) is 0 Å². The van der Waals surface area contributed by atoms with Gasteiger partial charge in [-0.1, -0.05) is 19.9 Å². The zero-order valence-corrected chi connectivity index (χ0v) is 11.2. The van der Waals surface area contributed by atoms with Crippen molar-refractivity contribution in [3.63, 3.8) is 0 Å². The van der Waals surface area contributed by atoms with E-state index in [1.54, 1.807) is 14.2 Å². The summed E-state index contributed by atoms with van der Waals surface area (Å²) in [6.07, 6.45) is 0.881. The number of rotatable bonds is 7. The first-order chi connectivity index (χ1) is 8.19. The van der Waals surface area contributed by atoms with Crippen LogP contribution in [-0.4, -0.2) is 27.4 Å². The lowest BCUT2D eigenvalue weighted by atomic mass is 10.0. The Kier molecular flexibility index (Phi) is 5.84. The molecule has 1 aromatic carbocycles. The van der Waals surface area contributed by atoms with E-state index in [0.717, 1.165) is 17.9 Å². The quantitative estimate of drug-likeness (QED) is 0.682. The number of benzene rings is 1. The predicted octanol–water partition coefficient (Wildman–Crippen LogP) is 3.23. The largest absolute Gasteiger partial charge is 0.493 e. The molecule has 0 bridgehead atoms. The van der Waals surface area contributed by atoms with E-state index in [1.807, 2.05) is 12.1 Å². The van der Waals surface area contributed by atoms with Crippen LogP contribution in [0.2, 0.25) is 0 Å². The first-order valence-electron chi connectivity index (χ1n) is 5.98. The molecule has 0 heterocycles. The Morgan fingerprint density at radius 2 is 1.82 bits per heavy atom. The topological polar surface area (TPSA) is 27.7 Å². The minimum atomic E-state index is 0.492. The molecule has 96 valence electrons. The van der Waals surface area contributed by atoms with Gasteiger partial charge in [0.1, 0.15) is 0 Å². The highest BCUT2D eigenvalue weighted by atomic mass is 16.5. The summed E-state index contributed by atoms with van der Waals surface area (Å²) >= 11 is 0. The molecule has 3 nitrogen and oxygen atoms in total. The van der Waals surface area contributed by atoms with Gasteiger partial charge in [0.05, 0.1) is 13.7 Å². The Balaban J connectivity index is 2.65. The Bertz CT molecular complexity index is 334. The van der Waals surface area contributed by atoms with Crippen molar-refractivity contribution in [2.75, 3.05) is 27.4 Å². The molecule has 0 aliphatic heterocycles. The van der Waals surface area contributed by atoms with Gasteiger partial charge in [-0.3, -0.25) is 0 Å². The molecule has 0 spiro atoms. The van der Waals surface area contributed by atoms with Crippen molar-refractivity contribution < 1.29 is 14.2 Å². The third-order valence-corrected chi connectivity index (χ3v) is 2.60. The summed E-state index contributed by atoms with van der Waals surface area (Å²) in [6.45, 7) is 5.68. The molecular weight excluding hydrogens is 216 g/mol. The van der Waals surface area contributed by atoms with Crippen molar-refractivity contribution in [3.05, 3.63) is 23.8 Å². The lowest BCUT2D eigenvalue weighted by Crippen LogP contribution is -2.03. The molecule has 0 amide bonds. The van der Waals surface area contributed by atoms with Crippen LogP contribution in [0.1, 0.15) is 31.7 Å². The number of hydrogen-bond acceptors (Lipinski definition) is 3. The van der Waals surface area contributed by atoms with Gasteiger partial charge < -0.3 is 14.2 Å². The SMILES string of the molecule is COCCCOc1ccc(C(C)C)cc1OC. The molecule has 0 saturated carbocycles. The Morgan fingerprint density at radius 3 is 2.41 bits per heavy atom. The highest BCUT2D eigenvalue weighted by Gasteiger charge is 2.07. The van der Waals surface area contributed by atoms with Gasteiger partial charge in [-0.15, -0.1) is 0 Å². The molecule has 3 heteroatoms. The first-order valence-corrected chi connectivity index (χ1v) is 5.98. The van der Waals surface area contributed by atoms with E-state index in [9.17, 15) is 0 Å². The molecule has 1 rings (SSSR count). The van der Waals surface area contributed by atoms with Crippen molar-refractivity contribution in [1.82, 2.24) is 0 Å². The van der Waals surface area contributed by atoms with Crippen molar-refractivity contribution in [2.45, 2.75) is 26.2 Å². The maximum absolute atomic E-state index is 5.66. The van der Waals surface area contributed by atoms with Crippen LogP contribution in [0, 0.1) is 0 Å². The summed E-state index contributed by atoms with van der Waals surface area (Å²) in [5.41, 5.74) is 1.26. The predicted molar refractivity (Wildman–Crippen MR) is 69.1 cm³/mol. The fourth-order valence-corrected chi connectivity index (χ4v) is 1.55. The van der Waals surface area contributed by atoms with E-state index in [1.165, 1.54) is 5.56 Å². The number of methoxy groups -OCH3 is 2. The average molecular weight is 238 g/mol. The highest BCUT2D eigenvalue weighted by molar-refractivity contribution is 5.43. The van der Waals surface area contributed by atoms with Crippen molar-refractivity contribution in [3.8, 4) is 11.5 Å². The molecule has 0 unspecified atom stereocenters. The summed E-state index contributed by atoms with van der Waals surface area (Å²) in [7, 11) is 3.36. The number of ether oxygens (including phenoxy) is 3. The van der Waals surface area contributed by atoms with Crippen LogP contribution >= 0.6 is 0 Å². The van der Waals surface area contributed by atoms with Crippen LogP contribution in [0.4, 0.5) is 0 Å². The fraction of sp³-hybridized carbons (Fsp3) is 0.571. The van der Waals surface area contributed by atoms with Gasteiger partial charge in [-0.2, -0.15) is 0 Å². The molecule has 0 fully saturated rings. The van der Waals surface area contributed by atoms with Gasteiger partial charge in [0.15, 0.2) is 11.5 Å². The van der Waals surface area contributed by atoms with E-state index in [4.69, 9.17) is 14.2 Å². The zero-order valence-electron chi connectivity index (χ0n) is 11.2. The first kappa shape index (κ1) is 13.8.